The van der Waals surface area contributed by atoms with Gasteiger partial charge in [0, 0.05) is 11.3 Å². The van der Waals surface area contributed by atoms with Crippen LogP contribution >= 0.6 is 15.9 Å². The molecule has 0 saturated carbocycles. The van der Waals surface area contributed by atoms with Gasteiger partial charge in [0.1, 0.15) is 0 Å². The van der Waals surface area contributed by atoms with Gasteiger partial charge >= 0.3 is 51.4 Å². The average molecular weight is 209 g/mol. The van der Waals surface area contributed by atoms with E-state index in [1.807, 2.05) is 0 Å². The molecule has 0 bridgehead atoms. The number of carboxylic acids is 1. The number of aliphatic carboxylic acids is 1. The number of hydrogen-bond acceptors (Lipinski definition) is 2. The molecular weight excluding hydrogens is 203 g/mol. The molecule has 0 rings (SSSR count). The van der Waals surface area contributed by atoms with Gasteiger partial charge in [0.2, 0.25) is 0 Å². The first-order valence-electron chi connectivity index (χ1n) is 1.53. The second kappa shape index (κ2) is 11.4. The minimum Gasteiger partial charge on any atom is -0.550 e. The number of alkyl halides is 1. The summed E-state index contributed by atoms with van der Waals surface area (Å²) in [6, 6.07) is 0. The van der Waals surface area contributed by atoms with Crippen LogP contribution in [0.2, 0.25) is 0 Å². The van der Waals surface area contributed by atoms with E-state index >= 15 is 0 Å². The molecule has 0 unspecified atom stereocenters. The fraction of sp³-hybridized carbons (Fsp3) is 0.667. The van der Waals surface area contributed by atoms with E-state index in [1.54, 1.807) is 0 Å². The van der Waals surface area contributed by atoms with Crippen molar-refractivity contribution in [2.75, 3.05) is 5.33 Å². The summed E-state index contributed by atoms with van der Waals surface area (Å²) in [6.45, 7) is 0. The van der Waals surface area contributed by atoms with Crippen LogP contribution in [0.1, 0.15) is 6.42 Å². The van der Waals surface area contributed by atoms with Crippen LogP contribution < -0.4 is 56.5 Å². The van der Waals surface area contributed by atoms with Gasteiger partial charge in [-0.1, -0.05) is 15.9 Å². The molecule has 0 aliphatic rings. The van der Waals surface area contributed by atoms with Crippen LogP contribution in [0.3, 0.4) is 0 Å². The van der Waals surface area contributed by atoms with Crippen molar-refractivity contribution < 1.29 is 66.8 Å². The molecule has 0 spiro atoms. The monoisotopic (exact) mass is 208 g/mol. The van der Waals surface area contributed by atoms with E-state index in [9.17, 15) is 9.90 Å². The van der Waals surface area contributed by atoms with Crippen molar-refractivity contribution in [3.05, 3.63) is 0 Å². The van der Waals surface area contributed by atoms with E-state index in [4.69, 9.17) is 0 Å². The number of rotatable bonds is 2. The maximum atomic E-state index is 9.46. The minimum atomic E-state index is -1.01. The van der Waals surface area contributed by atoms with Gasteiger partial charge < -0.3 is 15.4 Å². The van der Waals surface area contributed by atoms with Crippen LogP contribution in [0.4, 0.5) is 0 Å². The molecule has 0 aromatic rings. The van der Waals surface area contributed by atoms with E-state index in [0.29, 0.717) is 5.33 Å². The van der Waals surface area contributed by atoms with Crippen LogP contribution in [0.15, 0.2) is 0 Å². The van der Waals surface area contributed by atoms with E-state index < -0.39 is 5.97 Å². The maximum absolute atomic E-state index is 9.46. The quantitative estimate of drug-likeness (QED) is 0.341. The summed E-state index contributed by atoms with van der Waals surface area (Å²) in [7, 11) is 0. The number of halogens is 1. The summed E-state index contributed by atoms with van der Waals surface area (Å²) >= 11 is 2.93. The van der Waals surface area contributed by atoms with Gasteiger partial charge in [0.25, 0.3) is 0 Å². The van der Waals surface area contributed by atoms with Crippen molar-refractivity contribution in [1.82, 2.24) is 0 Å². The van der Waals surface area contributed by atoms with Crippen LogP contribution in [-0.4, -0.2) is 16.8 Å². The molecule has 0 aromatic heterocycles. The molecule has 3 nitrogen and oxygen atoms in total. The van der Waals surface area contributed by atoms with Gasteiger partial charge in [0.05, 0.1) is 0 Å². The first kappa shape index (κ1) is 16.3. The number of carboxylic acid groups (broad SMARTS) is 1. The Morgan fingerprint density at radius 3 is 2.00 bits per heavy atom. The van der Waals surface area contributed by atoms with Gasteiger partial charge in [-0.2, -0.15) is 0 Å². The van der Waals surface area contributed by atoms with Crippen molar-refractivity contribution in [3.8, 4) is 0 Å². The largest absolute Gasteiger partial charge is 1.00 e. The molecule has 0 saturated heterocycles. The van der Waals surface area contributed by atoms with Crippen LogP contribution in [-0.2, 0) is 4.79 Å². The van der Waals surface area contributed by atoms with Crippen molar-refractivity contribution in [2.45, 2.75) is 6.42 Å². The van der Waals surface area contributed by atoms with Gasteiger partial charge in [-0.3, -0.25) is 0 Å². The predicted octanol–water partition coefficient (Wildman–Crippen LogP) is -4.30. The zero-order valence-corrected chi connectivity index (χ0v) is 9.32. The number of carbonyl (C=O) groups is 1. The van der Waals surface area contributed by atoms with Crippen molar-refractivity contribution in [2.24, 2.45) is 0 Å². The molecule has 44 valence electrons. The third kappa shape index (κ3) is 15.6. The molecule has 0 amide bonds. The Morgan fingerprint density at radius 2 is 2.00 bits per heavy atom. The van der Waals surface area contributed by atoms with Crippen LogP contribution in [0.5, 0.6) is 0 Å². The molecule has 0 heterocycles. The van der Waals surface area contributed by atoms with E-state index in [1.165, 1.54) is 0 Å². The Balaban J connectivity index is -0.000000125. The molecule has 0 radical (unpaired) electrons. The zero-order valence-electron chi connectivity index (χ0n) is 4.61. The summed E-state index contributed by atoms with van der Waals surface area (Å²) in [6.07, 6.45) is 0.0972. The Bertz CT molecular complexity index is 58.5. The van der Waals surface area contributed by atoms with Crippen molar-refractivity contribution >= 4 is 21.9 Å². The molecule has 5 heteroatoms. The normalized spacial score (nSPS) is 6.12. The molecule has 0 aliphatic heterocycles. The fourth-order valence-electron chi connectivity index (χ4n) is 0.0772. The van der Waals surface area contributed by atoms with Gasteiger partial charge in [-0.15, -0.1) is 0 Å². The van der Waals surface area contributed by atoms with Crippen LogP contribution in [0, 0.1) is 0 Å². The number of hydrogen-bond donors (Lipinski definition) is 0. The predicted molar refractivity (Wildman–Crippen MR) is 27.0 cm³/mol. The Kier molecular flexibility index (Phi) is 23.1. The molecule has 8 heavy (non-hydrogen) atoms. The van der Waals surface area contributed by atoms with E-state index in [0.717, 1.165) is 0 Å². The Morgan fingerprint density at radius 1 is 1.62 bits per heavy atom. The number of carbonyl (C=O) groups excluding carboxylic acids is 1. The summed E-state index contributed by atoms with van der Waals surface area (Å²) in [5, 5.41) is 9.94. The molecule has 0 atom stereocenters. The standard InChI is InChI=1S/C3H5BrO2.K.H2O/c4-2-1-3(5)6;;/h1-2H2,(H,5,6);;1H2/q;+1;/p-1. The minimum absolute atomic E-state index is 0. The van der Waals surface area contributed by atoms with Crippen LogP contribution in [0.25, 0.3) is 0 Å². The molecular formula is C3H6BrKO3. The van der Waals surface area contributed by atoms with Gasteiger partial charge in [-0.05, 0) is 6.42 Å². The summed E-state index contributed by atoms with van der Waals surface area (Å²) in [4.78, 5) is 9.46. The summed E-state index contributed by atoms with van der Waals surface area (Å²) in [5.41, 5.74) is 0. The first-order valence-corrected chi connectivity index (χ1v) is 2.65. The molecule has 0 aromatic carbocycles. The smallest absolute Gasteiger partial charge is 0.550 e. The van der Waals surface area contributed by atoms with E-state index in [2.05, 4.69) is 15.9 Å². The molecule has 0 fully saturated rings. The first-order chi connectivity index (χ1) is 2.77. The molecule has 0 aliphatic carbocycles. The van der Waals surface area contributed by atoms with Crippen molar-refractivity contribution in [1.29, 1.82) is 0 Å². The Labute approximate surface area is 98.7 Å². The second-order valence-corrected chi connectivity index (χ2v) is 1.60. The second-order valence-electron chi connectivity index (χ2n) is 0.811. The zero-order chi connectivity index (χ0) is 4.99. The molecule has 2 N–H and O–H groups in total. The summed E-state index contributed by atoms with van der Waals surface area (Å²) < 4.78 is 0. The van der Waals surface area contributed by atoms with Crippen molar-refractivity contribution in [3.63, 3.8) is 0 Å². The van der Waals surface area contributed by atoms with Gasteiger partial charge in [-0.25, -0.2) is 0 Å². The maximum Gasteiger partial charge on any atom is 1.00 e. The van der Waals surface area contributed by atoms with E-state index in [-0.39, 0.29) is 63.3 Å². The van der Waals surface area contributed by atoms with Gasteiger partial charge in [0.15, 0.2) is 0 Å². The fourth-order valence-corrected chi connectivity index (χ4v) is 0.401. The summed E-state index contributed by atoms with van der Waals surface area (Å²) in [5.74, 6) is -1.01. The third-order valence-electron chi connectivity index (χ3n) is 0.299. The average Bonchev–Trinajstić information content (AvgIpc) is 1.35. The Hall–Kier alpha value is 1.55. The SMILES string of the molecule is O.O=C([O-])CCBr.[K+]. The topological polar surface area (TPSA) is 71.6 Å². The third-order valence-corrected chi connectivity index (χ3v) is 0.695.